The van der Waals surface area contributed by atoms with Gasteiger partial charge in [-0.15, -0.1) is 0 Å². The lowest BCUT2D eigenvalue weighted by Crippen LogP contribution is -2.39. The number of benzene rings is 3. The molecule has 0 aliphatic carbocycles. The maximum Gasteiger partial charge on any atom is 0.265 e. The first kappa shape index (κ1) is 23.5. The van der Waals surface area contributed by atoms with E-state index in [9.17, 15) is 14.0 Å². The van der Waals surface area contributed by atoms with Gasteiger partial charge in [0.2, 0.25) is 5.91 Å². The van der Waals surface area contributed by atoms with Crippen LogP contribution in [0.15, 0.2) is 66.7 Å². The van der Waals surface area contributed by atoms with Gasteiger partial charge in [0, 0.05) is 19.2 Å². The zero-order valence-corrected chi connectivity index (χ0v) is 19.7. The van der Waals surface area contributed by atoms with E-state index in [2.05, 4.69) is 11.4 Å². The van der Waals surface area contributed by atoms with E-state index in [0.29, 0.717) is 24.4 Å². The third-order valence-electron chi connectivity index (χ3n) is 6.16. The second-order valence-corrected chi connectivity index (χ2v) is 8.65. The number of nitrogens with zero attached hydrogens (tertiary/aromatic N) is 1. The Hall–Kier alpha value is -3.67. The SMILES string of the molecule is CCC(Oc1ccc2c(c1)C(c1cccc(C)c1)N(C(C)=O)CC2)C(=O)Nc1ccc(F)cc1. The molecule has 0 fully saturated rings. The maximum absolute atomic E-state index is 13.2. The van der Waals surface area contributed by atoms with Crippen molar-refractivity contribution < 1.29 is 18.7 Å². The summed E-state index contributed by atoms with van der Waals surface area (Å²) < 4.78 is 19.3. The number of hydrogen-bond donors (Lipinski definition) is 1. The zero-order valence-electron chi connectivity index (χ0n) is 19.7. The molecule has 0 saturated heterocycles. The summed E-state index contributed by atoms with van der Waals surface area (Å²) in [6.07, 6.45) is 0.512. The third kappa shape index (κ3) is 5.11. The number of hydrogen-bond acceptors (Lipinski definition) is 3. The van der Waals surface area contributed by atoms with Crippen LogP contribution in [0.3, 0.4) is 0 Å². The zero-order chi connectivity index (χ0) is 24.2. The number of carbonyl (C=O) groups excluding carboxylic acids is 2. The summed E-state index contributed by atoms with van der Waals surface area (Å²) >= 11 is 0. The van der Waals surface area contributed by atoms with Crippen molar-refractivity contribution in [2.45, 2.75) is 45.8 Å². The fraction of sp³-hybridized carbons (Fsp3) is 0.286. The Labute approximate surface area is 199 Å². The van der Waals surface area contributed by atoms with Crippen molar-refractivity contribution in [2.75, 3.05) is 11.9 Å². The summed E-state index contributed by atoms with van der Waals surface area (Å²) in [5, 5.41) is 2.78. The van der Waals surface area contributed by atoms with Crippen LogP contribution < -0.4 is 10.1 Å². The number of rotatable bonds is 6. The summed E-state index contributed by atoms with van der Waals surface area (Å²) in [5.74, 6) is -0.0676. The van der Waals surface area contributed by atoms with Crippen LogP contribution in [0.1, 0.15) is 48.6 Å². The highest BCUT2D eigenvalue weighted by Gasteiger charge is 2.31. The molecule has 2 unspecified atom stereocenters. The Morgan fingerprint density at radius 3 is 2.56 bits per heavy atom. The Morgan fingerprint density at radius 2 is 1.88 bits per heavy atom. The molecule has 3 aromatic rings. The largest absolute Gasteiger partial charge is 0.481 e. The Morgan fingerprint density at radius 1 is 1.12 bits per heavy atom. The minimum atomic E-state index is -0.715. The Bertz CT molecular complexity index is 1190. The van der Waals surface area contributed by atoms with E-state index in [0.717, 1.165) is 23.1 Å². The molecule has 0 saturated carbocycles. The van der Waals surface area contributed by atoms with Gasteiger partial charge in [0.25, 0.3) is 5.91 Å². The molecular formula is C28H29FN2O3. The van der Waals surface area contributed by atoms with Crippen LogP contribution in [0.25, 0.3) is 0 Å². The molecule has 2 atom stereocenters. The molecule has 5 nitrogen and oxygen atoms in total. The topological polar surface area (TPSA) is 58.6 Å². The summed E-state index contributed by atoms with van der Waals surface area (Å²) in [7, 11) is 0. The number of carbonyl (C=O) groups is 2. The molecule has 1 aliphatic rings. The Kier molecular flexibility index (Phi) is 6.96. The van der Waals surface area contributed by atoms with Crippen LogP contribution >= 0.6 is 0 Å². The second kappa shape index (κ2) is 10.1. The molecule has 0 radical (unpaired) electrons. The van der Waals surface area contributed by atoms with Gasteiger partial charge < -0.3 is 15.0 Å². The predicted molar refractivity (Wildman–Crippen MR) is 130 cm³/mol. The van der Waals surface area contributed by atoms with Gasteiger partial charge in [-0.2, -0.15) is 0 Å². The summed E-state index contributed by atoms with van der Waals surface area (Å²) in [4.78, 5) is 27.2. The lowest BCUT2D eigenvalue weighted by molar-refractivity contribution is -0.130. The van der Waals surface area contributed by atoms with Crippen LogP contribution in [0.4, 0.5) is 10.1 Å². The summed E-state index contributed by atoms with van der Waals surface area (Å²) in [6.45, 7) is 6.16. The molecular weight excluding hydrogens is 431 g/mol. The molecule has 3 aromatic carbocycles. The van der Waals surface area contributed by atoms with Crippen LogP contribution in [-0.4, -0.2) is 29.4 Å². The first-order chi connectivity index (χ1) is 16.4. The van der Waals surface area contributed by atoms with Crippen LogP contribution in [0.5, 0.6) is 5.75 Å². The minimum absolute atomic E-state index is 0.0218. The highest BCUT2D eigenvalue weighted by Crippen LogP contribution is 2.37. The number of nitrogens with one attached hydrogen (secondary N) is 1. The van der Waals surface area contributed by atoms with Gasteiger partial charge in [0.05, 0.1) is 6.04 Å². The first-order valence-electron chi connectivity index (χ1n) is 11.6. The van der Waals surface area contributed by atoms with Crippen molar-refractivity contribution in [3.8, 4) is 5.75 Å². The number of anilines is 1. The summed E-state index contributed by atoms with van der Waals surface area (Å²) in [6, 6.07) is 19.5. The van der Waals surface area contributed by atoms with Crippen molar-refractivity contribution in [1.82, 2.24) is 4.90 Å². The molecule has 1 heterocycles. The standard InChI is InChI=1S/C28H29FN2O3/c1-4-26(28(33)30-23-11-9-22(29)10-12-23)34-24-13-8-20-14-15-31(19(3)32)27(25(20)17-24)21-7-5-6-18(2)16-21/h5-13,16-17,26-27H,4,14-15H2,1-3H3,(H,30,33). The number of halogens is 1. The lowest BCUT2D eigenvalue weighted by atomic mass is 9.87. The molecule has 4 rings (SSSR count). The van der Waals surface area contributed by atoms with E-state index in [-0.39, 0.29) is 23.7 Å². The average Bonchev–Trinajstić information content (AvgIpc) is 2.82. The van der Waals surface area contributed by atoms with Gasteiger partial charge in [0.1, 0.15) is 11.6 Å². The number of amides is 2. The molecule has 6 heteroatoms. The summed E-state index contributed by atoms with van der Waals surface area (Å²) in [5.41, 5.74) is 4.87. The molecule has 1 aliphatic heterocycles. The molecule has 0 aromatic heterocycles. The van der Waals surface area contributed by atoms with E-state index in [1.54, 1.807) is 6.92 Å². The van der Waals surface area contributed by atoms with E-state index in [1.165, 1.54) is 29.8 Å². The maximum atomic E-state index is 13.2. The molecule has 34 heavy (non-hydrogen) atoms. The fourth-order valence-corrected chi connectivity index (χ4v) is 4.45. The van der Waals surface area contributed by atoms with Crippen molar-refractivity contribution in [2.24, 2.45) is 0 Å². The Balaban J connectivity index is 1.61. The number of aryl methyl sites for hydroxylation is 1. The lowest BCUT2D eigenvalue weighted by Gasteiger charge is -2.37. The van der Waals surface area contributed by atoms with Gasteiger partial charge in [-0.1, -0.05) is 42.8 Å². The fourth-order valence-electron chi connectivity index (χ4n) is 4.45. The van der Waals surface area contributed by atoms with Crippen LogP contribution in [0.2, 0.25) is 0 Å². The second-order valence-electron chi connectivity index (χ2n) is 8.65. The van der Waals surface area contributed by atoms with Gasteiger partial charge in [0.15, 0.2) is 6.10 Å². The first-order valence-corrected chi connectivity index (χ1v) is 11.6. The van der Waals surface area contributed by atoms with Gasteiger partial charge in [-0.3, -0.25) is 9.59 Å². The average molecular weight is 461 g/mol. The van der Waals surface area contributed by atoms with E-state index < -0.39 is 6.10 Å². The highest BCUT2D eigenvalue weighted by molar-refractivity contribution is 5.94. The van der Waals surface area contributed by atoms with Crippen molar-refractivity contribution in [1.29, 1.82) is 0 Å². The number of ether oxygens (including phenoxy) is 1. The van der Waals surface area contributed by atoms with Gasteiger partial charge in [-0.05, 0) is 72.9 Å². The van der Waals surface area contributed by atoms with Crippen molar-refractivity contribution >= 4 is 17.5 Å². The smallest absolute Gasteiger partial charge is 0.265 e. The minimum Gasteiger partial charge on any atom is -0.481 e. The molecule has 0 spiro atoms. The predicted octanol–water partition coefficient (Wildman–Crippen LogP) is 5.42. The highest BCUT2D eigenvalue weighted by atomic mass is 19.1. The van der Waals surface area contributed by atoms with Gasteiger partial charge in [-0.25, -0.2) is 4.39 Å². The third-order valence-corrected chi connectivity index (χ3v) is 6.16. The van der Waals surface area contributed by atoms with E-state index in [4.69, 9.17) is 4.74 Å². The van der Waals surface area contributed by atoms with E-state index >= 15 is 0 Å². The molecule has 176 valence electrons. The molecule has 2 amide bonds. The van der Waals surface area contributed by atoms with Crippen molar-refractivity contribution in [3.05, 3.63) is 94.8 Å². The monoisotopic (exact) mass is 460 g/mol. The van der Waals surface area contributed by atoms with Crippen molar-refractivity contribution in [3.63, 3.8) is 0 Å². The normalized spacial score (nSPS) is 15.9. The molecule has 1 N–H and O–H groups in total. The van der Waals surface area contributed by atoms with E-state index in [1.807, 2.05) is 55.1 Å². The van der Waals surface area contributed by atoms with Gasteiger partial charge >= 0.3 is 0 Å². The van der Waals surface area contributed by atoms with Crippen LogP contribution in [-0.2, 0) is 16.0 Å². The quantitative estimate of drug-likeness (QED) is 0.534. The number of fused-ring (bicyclic) bond motifs is 1. The van der Waals surface area contributed by atoms with Crippen LogP contribution in [0, 0.1) is 12.7 Å². The molecule has 0 bridgehead atoms.